The second kappa shape index (κ2) is 5.77. The summed E-state index contributed by atoms with van der Waals surface area (Å²) < 4.78 is 5.45. The minimum Gasteiger partial charge on any atom is -0.436 e. The third-order valence-electron chi connectivity index (χ3n) is 4.64. The molecule has 2 fully saturated rings. The van der Waals surface area contributed by atoms with Crippen LogP contribution in [0.2, 0.25) is 0 Å². The fraction of sp³-hybridized carbons (Fsp3) is 0.733. The number of hydrogen-bond donors (Lipinski definition) is 1. The molecule has 1 amide bonds. The minimum atomic E-state index is -0.0238. The van der Waals surface area contributed by atoms with Crippen LogP contribution < -0.4 is 5.73 Å². The molecule has 0 bridgehead atoms. The Balaban J connectivity index is 1.61. The molecule has 21 heavy (non-hydrogen) atoms. The molecular formula is C15H24N4O2. The number of nitrogens with zero attached hydrogens (tertiary/aromatic N) is 3. The number of nitrogens with two attached hydrogens (primary N) is 1. The number of piperidine rings is 1. The van der Waals surface area contributed by atoms with Crippen LogP contribution in [0.4, 0.5) is 0 Å². The molecule has 0 spiro atoms. The quantitative estimate of drug-likeness (QED) is 0.877. The number of likely N-dealkylation sites (tertiary alicyclic amines) is 2. The highest BCUT2D eigenvalue weighted by Crippen LogP contribution is 2.22. The van der Waals surface area contributed by atoms with E-state index in [1.807, 2.05) is 11.8 Å². The molecule has 1 aromatic rings. The average Bonchev–Trinajstić information content (AvgIpc) is 3.06. The summed E-state index contributed by atoms with van der Waals surface area (Å²) in [5.74, 6) is 0.926. The molecule has 2 saturated heterocycles. The Morgan fingerprint density at radius 2 is 1.95 bits per heavy atom. The normalized spacial score (nSPS) is 24.7. The Bertz CT molecular complexity index is 520. The van der Waals surface area contributed by atoms with Crippen molar-refractivity contribution < 1.29 is 9.21 Å². The molecule has 0 radical (unpaired) electrons. The SMILES string of the molecule is Cc1nc(C)c(C(=O)N2CCC(N3CCC(N)CC3)C2)o1. The van der Waals surface area contributed by atoms with Crippen molar-refractivity contribution in [1.82, 2.24) is 14.8 Å². The zero-order chi connectivity index (χ0) is 15.0. The Kier molecular flexibility index (Phi) is 3.99. The van der Waals surface area contributed by atoms with Crippen molar-refractivity contribution in [3.8, 4) is 0 Å². The fourth-order valence-electron chi connectivity index (χ4n) is 3.38. The summed E-state index contributed by atoms with van der Waals surface area (Å²) in [5, 5.41) is 0. The Hall–Kier alpha value is -1.40. The number of aromatic nitrogens is 1. The molecule has 3 rings (SSSR count). The van der Waals surface area contributed by atoms with Gasteiger partial charge in [-0.3, -0.25) is 9.69 Å². The molecule has 6 nitrogen and oxygen atoms in total. The van der Waals surface area contributed by atoms with Gasteiger partial charge in [0, 0.05) is 32.1 Å². The van der Waals surface area contributed by atoms with Crippen molar-refractivity contribution in [3.63, 3.8) is 0 Å². The molecule has 0 aromatic carbocycles. The predicted molar refractivity (Wildman–Crippen MR) is 79.1 cm³/mol. The Morgan fingerprint density at radius 1 is 1.24 bits per heavy atom. The van der Waals surface area contributed by atoms with Gasteiger partial charge in [0.1, 0.15) is 0 Å². The molecule has 1 aromatic heterocycles. The number of hydrogen-bond acceptors (Lipinski definition) is 5. The van der Waals surface area contributed by atoms with Crippen LogP contribution in [0.1, 0.15) is 41.4 Å². The zero-order valence-corrected chi connectivity index (χ0v) is 12.8. The van der Waals surface area contributed by atoms with Crippen molar-refractivity contribution >= 4 is 5.91 Å². The van der Waals surface area contributed by atoms with Crippen LogP contribution in [0.3, 0.4) is 0 Å². The van der Waals surface area contributed by atoms with E-state index in [4.69, 9.17) is 10.2 Å². The van der Waals surface area contributed by atoms with Crippen LogP contribution in [-0.4, -0.2) is 59.0 Å². The lowest BCUT2D eigenvalue weighted by Gasteiger charge is -2.34. The van der Waals surface area contributed by atoms with Crippen LogP contribution in [0.5, 0.6) is 0 Å². The van der Waals surface area contributed by atoms with Gasteiger partial charge in [0.05, 0.1) is 5.69 Å². The second-order valence-electron chi connectivity index (χ2n) is 6.21. The summed E-state index contributed by atoms with van der Waals surface area (Å²) in [7, 11) is 0. The smallest absolute Gasteiger partial charge is 0.291 e. The van der Waals surface area contributed by atoms with E-state index >= 15 is 0 Å². The van der Waals surface area contributed by atoms with Gasteiger partial charge < -0.3 is 15.1 Å². The van der Waals surface area contributed by atoms with Crippen LogP contribution in [0.15, 0.2) is 4.42 Å². The largest absolute Gasteiger partial charge is 0.436 e. The molecule has 0 saturated carbocycles. The third kappa shape index (κ3) is 2.96. The fourth-order valence-corrected chi connectivity index (χ4v) is 3.38. The van der Waals surface area contributed by atoms with E-state index in [0.717, 1.165) is 45.4 Å². The third-order valence-corrected chi connectivity index (χ3v) is 4.64. The topological polar surface area (TPSA) is 75.6 Å². The van der Waals surface area contributed by atoms with E-state index in [1.165, 1.54) is 0 Å². The van der Waals surface area contributed by atoms with Crippen molar-refractivity contribution in [2.75, 3.05) is 26.2 Å². The number of aryl methyl sites for hydroxylation is 2. The molecule has 1 unspecified atom stereocenters. The zero-order valence-electron chi connectivity index (χ0n) is 12.8. The Labute approximate surface area is 125 Å². The maximum Gasteiger partial charge on any atom is 0.291 e. The molecule has 2 aliphatic heterocycles. The number of amides is 1. The van der Waals surface area contributed by atoms with Gasteiger partial charge in [0.2, 0.25) is 5.76 Å². The van der Waals surface area contributed by atoms with Crippen molar-refractivity contribution in [1.29, 1.82) is 0 Å². The molecule has 116 valence electrons. The molecule has 0 aliphatic carbocycles. The van der Waals surface area contributed by atoms with Crippen LogP contribution in [0, 0.1) is 13.8 Å². The van der Waals surface area contributed by atoms with Crippen molar-refractivity contribution in [2.24, 2.45) is 5.73 Å². The number of carbonyl (C=O) groups excluding carboxylic acids is 1. The van der Waals surface area contributed by atoms with Crippen molar-refractivity contribution in [2.45, 2.75) is 45.2 Å². The summed E-state index contributed by atoms with van der Waals surface area (Å²) in [6.07, 6.45) is 3.16. The first kappa shape index (κ1) is 14.5. The van der Waals surface area contributed by atoms with Gasteiger partial charge in [-0.1, -0.05) is 0 Å². The predicted octanol–water partition coefficient (Wildman–Crippen LogP) is 0.929. The van der Waals surface area contributed by atoms with Crippen LogP contribution >= 0.6 is 0 Å². The first-order valence-electron chi connectivity index (χ1n) is 7.77. The second-order valence-corrected chi connectivity index (χ2v) is 6.21. The average molecular weight is 292 g/mol. The van der Waals surface area contributed by atoms with E-state index < -0.39 is 0 Å². The van der Waals surface area contributed by atoms with Crippen molar-refractivity contribution in [3.05, 3.63) is 17.3 Å². The van der Waals surface area contributed by atoms with E-state index in [9.17, 15) is 4.79 Å². The highest BCUT2D eigenvalue weighted by atomic mass is 16.4. The lowest BCUT2D eigenvalue weighted by molar-refractivity contribution is 0.0736. The van der Waals surface area contributed by atoms with Gasteiger partial charge in [0.15, 0.2) is 5.89 Å². The summed E-state index contributed by atoms with van der Waals surface area (Å²) >= 11 is 0. The monoisotopic (exact) mass is 292 g/mol. The van der Waals surface area contributed by atoms with Crippen LogP contribution in [-0.2, 0) is 0 Å². The number of oxazole rings is 1. The van der Waals surface area contributed by atoms with E-state index in [1.54, 1.807) is 6.92 Å². The van der Waals surface area contributed by atoms with Gasteiger partial charge in [-0.2, -0.15) is 0 Å². The maximum absolute atomic E-state index is 12.5. The highest BCUT2D eigenvalue weighted by Gasteiger charge is 2.34. The number of carbonyl (C=O) groups is 1. The van der Waals surface area contributed by atoms with Gasteiger partial charge in [-0.25, -0.2) is 4.98 Å². The van der Waals surface area contributed by atoms with E-state index in [2.05, 4.69) is 9.88 Å². The molecular weight excluding hydrogens is 268 g/mol. The lowest BCUT2D eigenvalue weighted by Crippen LogP contribution is -2.46. The highest BCUT2D eigenvalue weighted by molar-refractivity contribution is 5.92. The first-order valence-corrected chi connectivity index (χ1v) is 7.77. The lowest BCUT2D eigenvalue weighted by atomic mass is 10.0. The summed E-state index contributed by atoms with van der Waals surface area (Å²) in [6, 6.07) is 0.811. The molecule has 1 atom stereocenters. The molecule has 3 heterocycles. The maximum atomic E-state index is 12.5. The summed E-state index contributed by atoms with van der Waals surface area (Å²) in [4.78, 5) is 21.1. The summed E-state index contributed by atoms with van der Waals surface area (Å²) in [5.41, 5.74) is 6.64. The Morgan fingerprint density at radius 3 is 2.57 bits per heavy atom. The molecule has 6 heteroatoms. The number of rotatable bonds is 2. The van der Waals surface area contributed by atoms with Crippen LogP contribution in [0.25, 0.3) is 0 Å². The molecule has 2 aliphatic rings. The minimum absolute atomic E-state index is 0.0238. The van der Waals surface area contributed by atoms with Gasteiger partial charge in [-0.05, 0) is 39.3 Å². The van der Waals surface area contributed by atoms with E-state index in [-0.39, 0.29) is 5.91 Å². The van der Waals surface area contributed by atoms with Gasteiger partial charge in [0.25, 0.3) is 5.91 Å². The van der Waals surface area contributed by atoms with Gasteiger partial charge >= 0.3 is 0 Å². The first-order chi connectivity index (χ1) is 10.0. The van der Waals surface area contributed by atoms with E-state index in [0.29, 0.717) is 29.4 Å². The molecule has 2 N–H and O–H groups in total. The summed E-state index contributed by atoms with van der Waals surface area (Å²) in [6.45, 7) is 7.28. The standard InChI is InChI=1S/C15H24N4O2/c1-10-14(21-11(2)17-10)15(20)19-8-5-13(9-19)18-6-3-12(16)4-7-18/h12-13H,3-9,16H2,1-2H3. The van der Waals surface area contributed by atoms with Gasteiger partial charge in [-0.15, -0.1) is 0 Å².